The van der Waals surface area contributed by atoms with E-state index in [4.69, 9.17) is 16.7 Å². The molecule has 1 rings (SSSR count). The number of hydrogen-bond donors (Lipinski definition) is 2. The summed E-state index contributed by atoms with van der Waals surface area (Å²) in [6.07, 6.45) is 1.50. The molecule has 0 spiro atoms. The SMILES string of the molecule is CC(O)CC(C)NC(=O)c1ccc(Cl)cn1. The van der Waals surface area contributed by atoms with Crippen LogP contribution in [0.4, 0.5) is 0 Å². The Balaban J connectivity index is 2.55. The number of aliphatic hydroxyl groups is 1. The van der Waals surface area contributed by atoms with Crippen LogP contribution in [0.15, 0.2) is 18.3 Å². The summed E-state index contributed by atoms with van der Waals surface area (Å²) >= 11 is 5.66. The number of nitrogens with one attached hydrogen (secondary N) is 1. The summed E-state index contributed by atoms with van der Waals surface area (Å²) < 4.78 is 0. The van der Waals surface area contributed by atoms with E-state index in [0.29, 0.717) is 17.1 Å². The second kappa shape index (κ2) is 5.82. The summed E-state index contributed by atoms with van der Waals surface area (Å²) in [6.45, 7) is 3.52. The summed E-state index contributed by atoms with van der Waals surface area (Å²) in [5.41, 5.74) is 0.321. The van der Waals surface area contributed by atoms with Gasteiger partial charge >= 0.3 is 0 Å². The van der Waals surface area contributed by atoms with Crippen molar-refractivity contribution in [3.8, 4) is 0 Å². The van der Waals surface area contributed by atoms with Crippen LogP contribution in [0, 0.1) is 0 Å². The first kappa shape index (κ1) is 12.9. The summed E-state index contributed by atoms with van der Waals surface area (Å²) in [5, 5.41) is 12.4. The van der Waals surface area contributed by atoms with Gasteiger partial charge in [0.05, 0.1) is 11.1 Å². The van der Waals surface area contributed by atoms with Crippen LogP contribution < -0.4 is 5.32 Å². The fourth-order valence-corrected chi connectivity index (χ4v) is 1.49. The largest absolute Gasteiger partial charge is 0.393 e. The number of carbonyl (C=O) groups is 1. The smallest absolute Gasteiger partial charge is 0.270 e. The average Bonchev–Trinajstić information content (AvgIpc) is 2.16. The van der Waals surface area contributed by atoms with E-state index in [2.05, 4.69) is 10.3 Å². The lowest BCUT2D eigenvalue weighted by molar-refractivity contribution is 0.0918. The highest BCUT2D eigenvalue weighted by molar-refractivity contribution is 6.30. The second-order valence-corrected chi connectivity index (χ2v) is 4.26. The Bertz CT molecular complexity index is 352. The van der Waals surface area contributed by atoms with Crippen molar-refractivity contribution in [1.29, 1.82) is 0 Å². The Hall–Kier alpha value is -1.13. The van der Waals surface area contributed by atoms with E-state index in [9.17, 15) is 4.79 Å². The highest BCUT2D eigenvalue weighted by atomic mass is 35.5. The van der Waals surface area contributed by atoms with Gasteiger partial charge in [-0.3, -0.25) is 4.79 Å². The van der Waals surface area contributed by atoms with Gasteiger partial charge in [0.1, 0.15) is 5.69 Å². The van der Waals surface area contributed by atoms with Gasteiger partial charge in [0.15, 0.2) is 0 Å². The minimum atomic E-state index is -0.437. The van der Waals surface area contributed by atoms with Crippen molar-refractivity contribution in [2.75, 3.05) is 0 Å². The van der Waals surface area contributed by atoms with E-state index >= 15 is 0 Å². The third-order valence-corrected chi connectivity index (χ3v) is 2.26. The topological polar surface area (TPSA) is 62.2 Å². The van der Waals surface area contributed by atoms with E-state index < -0.39 is 6.10 Å². The highest BCUT2D eigenvalue weighted by Crippen LogP contribution is 2.06. The molecule has 0 aliphatic heterocycles. The van der Waals surface area contributed by atoms with Crippen molar-refractivity contribution >= 4 is 17.5 Å². The van der Waals surface area contributed by atoms with Crippen molar-refractivity contribution in [2.24, 2.45) is 0 Å². The predicted molar refractivity (Wildman–Crippen MR) is 62.5 cm³/mol. The lowest BCUT2D eigenvalue weighted by atomic mass is 10.1. The van der Waals surface area contributed by atoms with Crippen molar-refractivity contribution in [3.05, 3.63) is 29.0 Å². The molecule has 0 fully saturated rings. The fourth-order valence-electron chi connectivity index (χ4n) is 1.38. The first-order chi connectivity index (χ1) is 7.49. The zero-order valence-corrected chi connectivity index (χ0v) is 10.0. The van der Waals surface area contributed by atoms with Crippen LogP contribution in [0.5, 0.6) is 0 Å². The van der Waals surface area contributed by atoms with Crippen LogP contribution in [0.3, 0.4) is 0 Å². The van der Waals surface area contributed by atoms with Gasteiger partial charge in [-0.25, -0.2) is 4.98 Å². The Morgan fingerprint density at radius 3 is 2.75 bits per heavy atom. The zero-order chi connectivity index (χ0) is 12.1. The molecule has 1 aromatic rings. The summed E-state index contributed by atoms with van der Waals surface area (Å²) in [7, 11) is 0. The Kier molecular flexibility index (Phi) is 4.71. The Morgan fingerprint density at radius 1 is 1.56 bits per heavy atom. The molecule has 4 nitrogen and oxygen atoms in total. The number of nitrogens with zero attached hydrogens (tertiary/aromatic N) is 1. The number of pyridine rings is 1. The maximum absolute atomic E-state index is 11.6. The third kappa shape index (κ3) is 4.16. The highest BCUT2D eigenvalue weighted by Gasteiger charge is 2.12. The molecule has 2 unspecified atom stereocenters. The molecule has 2 atom stereocenters. The van der Waals surface area contributed by atoms with Crippen LogP contribution in [0.2, 0.25) is 5.02 Å². The van der Waals surface area contributed by atoms with Crippen LogP contribution in [-0.4, -0.2) is 28.1 Å². The number of aliphatic hydroxyl groups excluding tert-OH is 1. The minimum Gasteiger partial charge on any atom is -0.393 e. The van der Waals surface area contributed by atoms with E-state index in [1.807, 2.05) is 6.92 Å². The van der Waals surface area contributed by atoms with Gasteiger partial charge < -0.3 is 10.4 Å². The van der Waals surface area contributed by atoms with Gasteiger partial charge in [0, 0.05) is 12.2 Å². The number of aromatic nitrogens is 1. The maximum Gasteiger partial charge on any atom is 0.270 e. The van der Waals surface area contributed by atoms with E-state index in [0.717, 1.165) is 0 Å². The third-order valence-electron chi connectivity index (χ3n) is 2.03. The standard InChI is InChI=1S/C11H15ClN2O2/c1-7(5-8(2)15)14-11(16)10-4-3-9(12)6-13-10/h3-4,6-8,15H,5H2,1-2H3,(H,14,16). The average molecular weight is 243 g/mol. The molecule has 1 aromatic heterocycles. The molecule has 88 valence electrons. The first-order valence-electron chi connectivity index (χ1n) is 5.09. The predicted octanol–water partition coefficient (Wildman–Crippen LogP) is 1.62. The number of halogens is 1. The Morgan fingerprint density at radius 2 is 2.25 bits per heavy atom. The summed E-state index contributed by atoms with van der Waals surface area (Å²) in [4.78, 5) is 15.6. The maximum atomic E-state index is 11.6. The van der Waals surface area contributed by atoms with E-state index in [1.165, 1.54) is 6.20 Å². The molecule has 0 saturated carbocycles. The Labute approximate surface area is 99.6 Å². The monoisotopic (exact) mass is 242 g/mol. The molecule has 0 bridgehead atoms. The van der Waals surface area contributed by atoms with Crippen LogP contribution >= 0.6 is 11.6 Å². The molecule has 5 heteroatoms. The molecule has 16 heavy (non-hydrogen) atoms. The molecule has 0 aliphatic carbocycles. The van der Waals surface area contributed by atoms with Crippen LogP contribution in [0.1, 0.15) is 30.8 Å². The van der Waals surface area contributed by atoms with Gasteiger partial charge in [-0.2, -0.15) is 0 Å². The van der Waals surface area contributed by atoms with E-state index in [1.54, 1.807) is 19.1 Å². The first-order valence-corrected chi connectivity index (χ1v) is 5.47. The zero-order valence-electron chi connectivity index (χ0n) is 9.27. The number of hydrogen-bond acceptors (Lipinski definition) is 3. The molecular formula is C11H15ClN2O2. The molecule has 0 aromatic carbocycles. The number of rotatable bonds is 4. The van der Waals surface area contributed by atoms with Gasteiger partial charge in [0.25, 0.3) is 5.91 Å². The lowest BCUT2D eigenvalue weighted by Gasteiger charge is -2.14. The van der Waals surface area contributed by atoms with Crippen molar-refractivity contribution < 1.29 is 9.90 Å². The van der Waals surface area contributed by atoms with Gasteiger partial charge in [0.2, 0.25) is 0 Å². The summed E-state index contributed by atoms with van der Waals surface area (Å²) in [6, 6.07) is 3.08. The minimum absolute atomic E-state index is 0.0926. The van der Waals surface area contributed by atoms with E-state index in [-0.39, 0.29) is 11.9 Å². The molecule has 0 radical (unpaired) electrons. The second-order valence-electron chi connectivity index (χ2n) is 3.82. The van der Waals surface area contributed by atoms with Crippen LogP contribution in [0.25, 0.3) is 0 Å². The number of amides is 1. The molecule has 0 aliphatic rings. The quantitative estimate of drug-likeness (QED) is 0.844. The lowest BCUT2D eigenvalue weighted by Crippen LogP contribution is -2.35. The number of carbonyl (C=O) groups excluding carboxylic acids is 1. The fraction of sp³-hybridized carbons (Fsp3) is 0.455. The molecule has 1 amide bonds. The molecule has 1 heterocycles. The molecule has 0 saturated heterocycles. The molecular weight excluding hydrogens is 228 g/mol. The summed E-state index contributed by atoms with van der Waals surface area (Å²) in [5.74, 6) is -0.259. The van der Waals surface area contributed by atoms with Gasteiger partial charge in [-0.15, -0.1) is 0 Å². The van der Waals surface area contributed by atoms with Crippen molar-refractivity contribution in [2.45, 2.75) is 32.4 Å². The van der Waals surface area contributed by atoms with Gasteiger partial charge in [-0.1, -0.05) is 11.6 Å². The van der Waals surface area contributed by atoms with Gasteiger partial charge in [-0.05, 0) is 32.4 Å². The molecule has 2 N–H and O–H groups in total. The van der Waals surface area contributed by atoms with Crippen molar-refractivity contribution in [3.63, 3.8) is 0 Å². The van der Waals surface area contributed by atoms with Crippen LogP contribution in [-0.2, 0) is 0 Å². The normalized spacial score (nSPS) is 14.2. The van der Waals surface area contributed by atoms with Crippen molar-refractivity contribution in [1.82, 2.24) is 10.3 Å².